The summed E-state index contributed by atoms with van der Waals surface area (Å²) in [6.45, 7) is 3.40. The SMILES string of the molecule is COC(=O)C1=C(C)N(c2ccc(OC)cc2)C(C)=C(C(=O)OC)C1c1ccc(OC)c(COc2ccc(F)cc2F)c1. The Kier molecular flexibility index (Phi) is 9.15. The zero-order chi connectivity index (χ0) is 30.6. The fraction of sp³-hybridized carbons (Fsp3) is 0.250. The smallest absolute Gasteiger partial charge is 0.336 e. The van der Waals surface area contributed by atoms with Crippen molar-refractivity contribution < 1.29 is 42.1 Å². The summed E-state index contributed by atoms with van der Waals surface area (Å²) in [6.07, 6.45) is 0. The summed E-state index contributed by atoms with van der Waals surface area (Å²) in [4.78, 5) is 28.5. The Balaban J connectivity index is 1.87. The Labute approximate surface area is 242 Å². The Morgan fingerprint density at radius 3 is 1.88 bits per heavy atom. The van der Waals surface area contributed by atoms with E-state index in [1.54, 1.807) is 56.2 Å². The van der Waals surface area contributed by atoms with Crippen molar-refractivity contribution in [3.8, 4) is 17.2 Å². The van der Waals surface area contributed by atoms with Crippen LogP contribution in [-0.2, 0) is 25.7 Å². The van der Waals surface area contributed by atoms with Crippen molar-refractivity contribution in [2.75, 3.05) is 33.3 Å². The molecule has 3 aromatic rings. The molecule has 0 radical (unpaired) electrons. The summed E-state index contributed by atoms with van der Waals surface area (Å²) >= 11 is 0. The van der Waals surface area contributed by atoms with Gasteiger partial charge in [0.1, 0.15) is 23.9 Å². The predicted octanol–water partition coefficient (Wildman–Crippen LogP) is 6.06. The number of benzene rings is 3. The van der Waals surface area contributed by atoms with E-state index in [2.05, 4.69) is 0 Å². The number of carbonyl (C=O) groups excluding carboxylic acids is 2. The number of rotatable bonds is 9. The number of ether oxygens (including phenoxy) is 5. The van der Waals surface area contributed by atoms with Gasteiger partial charge in [0, 0.05) is 28.7 Å². The molecule has 0 saturated heterocycles. The van der Waals surface area contributed by atoms with Gasteiger partial charge in [-0.25, -0.2) is 18.4 Å². The highest BCUT2D eigenvalue weighted by molar-refractivity contribution is 6.01. The normalized spacial score (nSPS) is 13.7. The second-order valence-corrected chi connectivity index (χ2v) is 9.38. The zero-order valence-corrected chi connectivity index (χ0v) is 24.1. The third kappa shape index (κ3) is 5.79. The molecule has 0 saturated carbocycles. The molecule has 0 atom stereocenters. The number of methoxy groups -OCH3 is 4. The third-order valence-electron chi connectivity index (χ3n) is 7.08. The van der Waals surface area contributed by atoms with Gasteiger partial charge in [0.2, 0.25) is 0 Å². The Bertz CT molecular complexity index is 1520. The van der Waals surface area contributed by atoms with Gasteiger partial charge in [0.15, 0.2) is 11.6 Å². The van der Waals surface area contributed by atoms with Crippen LogP contribution >= 0.6 is 0 Å². The van der Waals surface area contributed by atoms with Crippen molar-refractivity contribution in [3.63, 3.8) is 0 Å². The first-order valence-corrected chi connectivity index (χ1v) is 12.9. The van der Waals surface area contributed by atoms with Crippen LogP contribution in [0.15, 0.2) is 83.2 Å². The second kappa shape index (κ2) is 12.8. The quantitative estimate of drug-likeness (QED) is 0.283. The molecule has 0 aliphatic carbocycles. The van der Waals surface area contributed by atoms with Crippen molar-refractivity contribution >= 4 is 17.6 Å². The van der Waals surface area contributed by atoms with Crippen molar-refractivity contribution in [2.45, 2.75) is 26.4 Å². The maximum atomic E-state index is 14.2. The third-order valence-corrected chi connectivity index (χ3v) is 7.08. The van der Waals surface area contributed by atoms with E-state index in [0.717, 1.165) is 12.1 Å². The van der Waals surface area contributed by atoms with Gasteiger partial charge in [-0.2, -0.15) is 0 Å². The maximum absolute atomic E-state index is 14.2. The summed E-state index contributed by atoms with van der Waals surface area (Å²) in [6, 6.07) is 15.3. The number of halogens is 2. The molecule has 1 heterocycles. The molecule has 0 bridgehead atoms. The van der Waals surface area contributed by atoms with Crippen molar-refractivity contribution in [2.24, 2.45) is 0 Å². The van der Waals surface area contributed by atoms with Gasteiger partial charge in [-0.05, 0) is 67.9 Å². The van der Waals surface area contributed by atoms with Crippen LogP contribution in [0.25, 0.3) is 0 Å². The van der Waals surface area contributed by atoms with E-state index in [9.17, 15) is 18.4 Å². The number of nitrogens with zero attached hydrogens (tertiary/aromatic N) is 1. The van der Waals surface area contributed by atoms with Gasteiger partial charge >= 0.3 is 11.9 Å². The lowest BCUT2D eigenvalue weighted by Gasteiger charge is -2.38. The molecular weight excluding hydrogens is 548 g/mol. The molecular formula is C32H31F2NO7. The molecule has 220 valence electrons. The topological polar surface area (TPSA) is 83.5 Å². The van der Waals surface area contributed by atoms with Crippen LogP contribution in [0, 0.1) is 11.6 Å². The van der Waals surface area contributed by atoms with Gasteiger partial charge in [0.05, 0.1) is 45.5 Å². The average Bonchev–Trinajstić information content (AvgIpc) is 2.99. The summed E-state index contributed by atoms with van der Waals surface area (Å²) in [7, 11) is 5.57. The van der Waals surface area contributed by atoms with Gasteiger partial charge in [-0.1, -0.05) is 6.07 Å². The van der Waals surface area contributed by atoms with Gasteiger partial charge < -0.3 is 28.6 Å². The lowest BCUT2D eigenvalue weighted by molar-refractivity contribution is -0.137. The molecule has 4 rings (SSSR count). The van der Waals surface area contributed by atoms with Crippen LogP contribution in [0.4, 0.5) is 14.5 Å². The molecule has 0 aromatic heterocycles. The molecule has 0 amide bonds. The Hall–Kier alpha value is -4.86. The first-order valence-electron chi connectivity index (χ1n) is 12.9. The minimum atomic E-state index is -0.883. The fourth-order valence-corrected chi connectivity index (χ4v) is 5.10. The molecule has 10 heteroatoms. The summed E-state index contributed by atoms with van der Waals surface area (Å²) < 4.78 is 54.4. The number of anilines is 1. The monoisotopic (exact) mass is 579 g/mol. The molecule has 0 N–H and O–H groups in total. The van der Waals surface area contributed by atoms with E-state index in [1.165, 1.54) is 27.4 Å². The van der Waals surface area contributed by atoms with Gasteiger partial charge in [0.25, 0.3) is 0 Å². The van der Waals surface area contributed by atoms with Crippen LogP contribution in [-0.4, -0.2) is 40.4 Å². The van der Waals surface area contributed by atoms with Crippen LogP contribution in [0.2, 0.25) is 0 Å². The minimum Gasteiger partial charge on any atom is -0.497 e. The van der Waals surface area contributed by atoms with Crippen molar-refractivity contribution in [3.05, 3.63) is 106 Å². The van der Waals surface area contributed by atoms with E-state index in [-0.39, 0.29) is 23.5 Å². The molecule has 42 heavy (non-hydrogen) atoms. The first kappa shape index (κ1) is 30.1. The van der Waals surface area contributed by atoms with E-state index < -0.39 is 29.5 Å². The molecule has 0 fully saturated rings. The van der Waals surface area contributed by atoms with Crippen molar-refractivity contribution in [1.29, 1.82) is 0 Å². The van der Waals surface area contributed by atoms with Crippen LogP contribution in [0.5, 0.6) is 17.2 Å². The van der Waals surface area contributed by atoms with Gasteiger partial charge in [-0.3, -0.25) is 0 Å². The second-order valence-electron chi connectivity index (χ2n) is 9.38. The van der Waals surface area contributed by atoms with Crippen LogP contribution in [0.1, 0.15) is 30.9 Å². The minimum absolute atomic E-state index is 0.142. The highest BCUT2D eigenvalue weighted by Gasteiger charge is 2.41. The number of hydrogen-bond acceptors (Lipinski definition) is 8. The number of esters is 2. The highest BCUT2D eigenvalue weighted by atomic mass is 19.1. The van der Waals surface area contributed by atoms with E-state index in [0.29, 0.717) is 39.7 Å². The number of carbonyl (C=O) groups is 2. The lowest BCUT2D eigenvalue weighted by atomic mass is 9.79. The van der Waals surface area contributed by atoms with Crippen molar-refractivity contribution in [1.82, 2.24) is 0 Å². The zero-order valence-electron chi connectivity index (χ0n) is 24.1. The first-order chi connectivity index (χ1) is 20.1. The summed E-state index contributed by atoms with van der Waals surface area (Å²) in [5.41, 5.74) is 3.27. The molecule has 0 unspecified atom stereocenters. The average molecular weight is 580 g/mol. The fourth-order valence-electron chi connectivity index (χ4n) is 5.10. The molecule has 1 aliphatic rings. The van der Waals surface area contributed by atoms with E-state index in [1.807, 2.05) is 12.1 Å². The van der Waals surface area contributed by atoms with Crippen LogP contribution in [0.3, 0.4) is 0 Å². The molecule has 3 aromatic carbocycles. The number of hydrogen-bond donors (Lipinski definition) is 0. The van der Waals surface area contributed by atoms with E-state index >= 15 is 0 Å². The van der Waals surface area contributed by atoms with E-state index in [4.69, 9.17) is 23.7 Å². The van der Waals surface area contributed by atoms with Gasteiger partial charge in [-0.15, -0.1) is 0 Å². The standard InChI is InChI=1S/C32H31F2NO7/c1-18-28(31(36)40-5)30(29(32(37)41-6)19(2)35(18)23-9-11-24(38-3)12-10-23)20-7-13-26(39-4)21(15-20)17-42-27-14-8-22(33)16-25(27)34/h7-16,30H,17H2,1-6H3. The molecule has 1 aliphatic heterocycles. The lowest BCUT2D eigenvalue weighted by Crippen LogP contribution is -2.35. The highest BCUT2D eigenvalue weighted by Crippen LogP contribution is 2.45. The van der Waals surface area contributed by atoms with Crippen LogP contribution < -0.4 is 19.1 Å². The molecule has 0 spiro atoms. The Morgan fingerprint density at radius 1 is 0.762 bits per heavy atom. The predicted molar refractivity (Wildman–Crippen MR) is 151 cm³/mol. The molecule has 8 nitrogen and oxygen atoms in total. The largest absolute Gasteiger partial charge is 0.497 e. The Morgan fingerprint density at radius 2 is 1.36 bits per heavy atom. The summed E-state index contributed by atoms with van der Waals surface area (Å²) in [5, 5.41) is 0. The maximum Gasteiger partial charge on any atom is 0.336 e. The summed E-state index contributed by atoms with van der Waals surface area (Å²) in [5.74, 6) is -2.80. The number of allylic oxidation sites excluding steroid dienone is 2.